The van der Waals surface area contributed by atoms with Crippen LogP contribution in [0.4, 0.5) is 0 Å². The van der Waals surface area contributed by atoms with E-state index in [0.29, 0.717) is 30.4 Å². The average Bonchev–Trinajstić information content (AvgIpc) is 3.40. The van der Waals surface area contributed by atoms with Crippen molar-refractivity contribution in [3.8, 4) is 0 Å². The van der Waals surface area contributed by atoms with Crippen LogP contribution >= 0.6 is 11.6 Å². The molecule has 2 aromatic rings. The van der Waals surface area contributed by atoms with Gasteiger partial charge in [-0.25, -0.2) is 8.42 Å². The van der Waals surface area contributed by atoms with Crippen molar-refractivity contribution in [3.05, 3.63) is 41.2 Å². The Balaban J connectivity index is 1.41. The van der Waals surface area contributed by atoms with Gasteiger partial charge < -0.3 is 4.90 Å². The maximum Gasteiger partial charge on any atom is 0.276 e. The van der Waals surface area contributed by atoms with Gasteiger partial charge in [0.2, 0.25) is 10.0 Å². The summed E-state index contributed by atoms with van der Waals surface area (Å²) >= 11 is 5.88. The van der Waals surface area contributed by atoms with Gasteiger partial charge in [0, 0.05) is 37.7 Å². The number of piperidine rings is 1. The van der Waals surface area contributed by atoms with Gasteiger partial charge in [0.1, 0.15) is 0 Å². The number of aromatic nitrogens is 3. The first-order chi connectivity index (χ1) is 13.9. The van der Waals surface area contributed by atoms with E-state index in [1.807, 2.05) is 0 Å². The average molecular weight is 438 g/mol. The topological polar surface area (TPSA) is 88.4 Å². The van der Waals surface area contributed by atoms with Crippen molar-refractivity contribution in [3.63, 3.8) is 0 Å². The minimum absolute atomic E-state index is 0.0793. The van der Waals surface area contributed by atoms with Crippen LogP contribution in [0, 0.1) is 5.92 Å². The van der Waals surface area contributed by atoms with Crippen LogP contribution in [0.25, 0.3) is 0 Å². The molecule has 2 fully saturated rings. The second kappa shape index (κ2) is 8.41. The third-order valence-corrected chi connectivity index (χ3v) is 7.66. The van der Waals surface area contributed by atoms with Gasteiger partial charge in [0.15, 0.2) is 5.69 Å². The van der Waals surface area contributed by atoms with Gasteiger partial charge in [-0.05, 0) is 55.9 Å². The number of benzene rings is 1. The Kier molecular flexibility index (Phi) is 5.89. The Morgan fingerprint density at radius 1 is 1.10 bits per heavy atom. The molecule has 2 aliphatic heterocycles. The van der Waals surface area contributed by atoms with Crippen LogP contribution in [0.15, 0.2) is 35.4 Å². The molecule has 1 amide bonds. The number of hydrogen-bond donors (Lipinski definition) is 0. The fourth-order valence-corrected chi connectivity index (χ4v) is 5.66. The molecule has 29 heavy (non-hydrogen) atoms. The van der Waals surface area contributed by atoms with E-state index in [1.54, 1.807) is 27.9 Å². The summed E-state index contributed by atoms with van der Waals surface area (Å²) in [5, 5.41) is 8.63. The van der Waals surface area contributed by atoms with E-state index in [1.165, 1.54) is 16.4 Å². The molecule has 1 aromatic carbocycles. The van der Waals surface area contributed by atoms with Crippen molar-refractivity contribution in [2.75, 3.05) is 26.2 Å². The molecule has 0 N–H and O–H groups in total. The monoisotopic (exact) mass is 437 g/mol. The summed E-state index contributed by atoms with van der Waals surface area (Å²) in [6.45, 7) is 2.99. The van der Waals surface area contributed by atoms with Gasteiger partial charge >= 0.3 is 0 Å². The van der Waals surface area contributed by atoms with Gasteiger partial charge in [0.25, 0.3) is 5.91 Å². The second-order valence-electron chi connectivity index (χ2n) is 7.65. The number of amides is 1. The normalized spacial score (nSPS) is 20.9. The number of rotatable bonds is 5. The fraction of sp³-hybridized carbons (Fsp3) is 0.526. The van der Waals surface area contributed by atoms with Gasteiger partial charge in [0.05, 0.1) is 11.1 Å². The molecule has 0 saturated carbocycles. The number of carbonyl (C=O) groups is 1. The van der Waals surface area contributed by atoms with Crippen LogP contribution in [0.2, 0.25) is 5.02 Å². The first-order valence-corrected chi connectivity index (χ1v) is 11.7. The highest BCUT2D eigenvalue weighted by atomic mass is 35.5. The summed E-state index contributed by atoms with van der Waals surface area (Å²) < 4.78 is 29.1. The molecule has 2 aliphatic rings. The largest absolute Gasteiger partial charge is 0.337 e. The predicted molar refractivity (Wildman–Crippen MR) is 108 cm³/mol. The number of likely N-dealkylation sites (tertiary alicyclic amines) is 1. The molecule has 0 bridgehead atoms. The summed E-state index contributed by atoms with van der Waals surface area (Å²) in [4.78, 5) is 14.5. The van der Waals surface area contributed by atoms with E-state index in [-0.39, 0.29) is 16.7 Å². The Labute approximate surface area is 175 Å². The molecule has 0 spiro atoms. The minimum Gasteiger partial charge on any atom is -0.337 e. The lowest BCUT2D eigenvalue weighted by Gasteiger charge is -2.31. The number of halogens is 1. The van der Waals surface area contributed by atoms with E-state index in [4.69, 9.17) is 11.6 Å². The van der Waals surface area contributed by atoms with Gasteiger partial charge in [-0.3, -0.25) is 9.48 Å². The predicted octanol–water partition coefficient (Wildman–Crippen LogP) is 2.27. The minimum atomic E-state index is -3.55. The molecule has 10 heteroatoms. The maximum atomic E-state index is 12.9. The molecular formula is C19H24ClN5O3S. The van der Waals surface area contributed by atoms with Crippen molar-refractivity contribution in [2.45, 2.75) is 37.1 Å². The fourth-order valence-electron chi connectivity index (χ4n) is 3.98. The van der Waals surface area contributed by atoms with Crippen LogP contribution in [0.3, 0.4) is 0 Å². The van der Waals surface area contributed by atoms with E-state index in [9.17, 15) is 13.2 Å². The third-order valence-electron chi connectivity index (χ3n) is 5.53. The summed E-state index contributed by atoms with van der Waals surface area (Å²) in [7, 11) is -3.55. The van der Waals surface area contributed by atoms with Crippen LogP contribution in [-0.2, 0) is 16.6 Å². The van der Waals surface area contributed by atoms with E-state index >= 15 is 0 Å². The quantitative estimate of drug-likeness (QED) is 0.715. The Bertz CT molecular complexity index is 970. The van der Waals surface area contributed by atoms with E-state index in [0.717, 1.165) is 38.8 Å². The maximum absolute atomic E-state index is 12.9. The molecule has 1 aromatic heterocycles. The molecule has 4 rings (SSSR count). The van der Waals surface area contributed by atoms with Crippen molar-refractivity contribution in [1.82, 2.24) is 24.2 Å². The number of carbonyl (C=O) groups excluding carboxylic acids is 1. The first-order valence-electron chi connectivity index (χ1n) is 9.88. The smallest absolute Gasteiger partial charge is 0.276 e. The highest BCUT2D eigenvalue weighted by Gasteiger charge is 2.31. The van der Waals surface area contributed by atoms with Crippen LogP contribution in [0.1, 0.15) is 36.2 Å². The Hall–Kier alpha value is -1.97. The summed E-state index contributed by atoms with van der Waals surface area (Å²) in [6.07, 6.45) is 5.42. The zero-order valence-electron chi connectivity index (χ0n) is 16.1. The van der Waals surface area contributed by atoms with Crippen LogP contribution in [0.5, 0.6) is 0 Å². The lowest BCUT2D eigenvalue weighted by molar-refractivity contribution is 0.0787. The first kappa shape index (κ1) is 20.3. The Morgan fingerprint density at radius 2 is 1.83 bits per heavy atom. The zero-order chi connectivity index (χ0) is 20.4. The lowest BCUT2D eigenvalue weighted by atomic mass is 10.00. The third kappa shape index (κ3) is 4.46. The van der Waals surface area contributed by atoms with Gasteiger partial charge in [-0.15, -0.1) is 5.10 Å². The SMILES string of the molecule is O=C(c1cn(C[C@@H]2CCCN(S(=O)(=O)c3ccc(Cl)cc3)C2)nn1)N1CCCC1. The summed E-state index contributed by atoms with van der Waals surface area (Å²) in [5.74, 6) is 0.0339. The summed E-state index contributed by atoms with van der Waals surface area (Å²) in [6, 6.07) is 6.25. The van der Waals surface area contributed by atoms with Gasteiger partial charge in [-0.2, -0.15) is 4.31 Å². The standard InChI is InChI=1S/C19H24ClN5O3S/c20-16-5-7-17(8-6-16)29(27,28)25-11-3-4-15(13-25)12-24-14-18(21-22-24)19(26)23-9-1-2-10-23/h5-8,14-15H,1-4,9-13H2/t15-/m0/s1. The lowest BCUT2D eigenvalue weighted by Crippen LogP contribution is -2.41. The summed E-state index contributed by atoms with van der Waals surface area (Å²) in [5.41, 5.74) is 0.355. The molecular weight excluding hydrogens is 414 g/mol. The molecule has 2 saturated heterocycles. The molecule has 0 aliphatic carbocycles. The second-order valence-corrected chi connectivity index (χ2v) is 10.0. The van der Waals surface area contributed by atoms with Crippen molar-refractivity contribution in [1.29, 1.82) is 0 Å². The molecule has 1 atom stereocenters. The molecule has 0 unspecified atom stereocenters. The van der Waals surface area contributed by atoms with Crippen molar-refractivity contribution in [2.24, 2.45) is 5.92 Å². The molecule has 156 valence electrons. The Morgan fingerprint density at radius 3 is 2.55 bits per heavy atom. The van der Waals surface area contributed by atoms with E-state index < -0.39 is 10.0 Å². The molecule has 3 heterocycles. The number of hydrogen-bond acceptors (Lipinski definition) is 5. The van der Waals surface area contributed by atoms with Crippen molar-refractivity contribution >= 4 is 27.5 Å². The molecule has 8 nitrogen and oxygen atoms in total. The number of nitrogens with zero attached hydrogens (tertiary/aromatic N) is 5. The highest BCUT2D eigenvalue weighted by Crippen LogP contribution is 2.25. The van der Waals surface area contributed by atoms with Crippen LogP contribution < -0.4 is 0 Å². The van der Waals surface area contributed by atoms with Crippen molar-refractivity contribution < 1.29 is 13.2 Å². The van der Waals surface area contributed by atoms with Gasteiger partial charge in [-0.1, -0.05) is 16.8 Å². The van der Waals surface area contributed by atoms with E-state index in [2.05, 4.69) is 10.3 Å². The molecule has 0 radical (unpaired) electrons. The number of sulfonamides is 1. The highest BCUT2D eigenvalue weighted by molar-refractivity contribution is 7.89. The zero-order valence-corrected chi connectivity index (χ0v) is 17.6. The van der Waals surface area contributed by atoms with Crippen LogP contribution in [-0.4, -0.2) is 64.7 Å².